The summed E-state index contributed by atoms with van der Waals surface area (Å²) in [6.45, 7) is 0. The van der Waals surface area contributed by atoms with Gasteiger partial charge in [0.2, 0.25) is 6.29 Å². The number of nitrogens with two attached hydrogens (primary N) is 2. The van der Waals surface area contributed by atoms with E-state index in [2.05, 4.69) is 4.52 Å². The van der Waals surface area contributed by atoms with E-state index in [4.69, 9.17) is 11.5 Å². The topological polar surface area (TPSA) is 81.6 Å². The Bertz CT molecular complexity index is 119. The number of hydrogen-bond donors (Lipinski definition) is 2. The summed E-state index contributed by atoms with van der Waals surface area (Å²) in [6.07, 6.45) is -0.308. The minimum atomic E-state index is -1.63. The molecular formula is C4H13N3O2P+. The van der Waals surface area contributed by atoms with Crippen LogP contribution in [0.1, 0.15) is 0 Å². The molecule has 0 aromatic carbocycles. The maximum atomic E-state index is 10.7. The van der Waals surface area contributed by atoms with Gasteiger partial charge in [-0.3, -0.25) is 0 Å². The van der Waals surface area contributed by atoms with Gasteiger partial charge in [-0.2, -0.15) is 0 Å². The van der Waals surface area contributed by atoms with Crippen molar-refractivity contribution in [1.82, 2.24) is 4.90 Å². The van der Waals surface area contributed by atoms with Crippen molar-refractivity contribution in [2.24, 2.45) is 11.5 Å². The van der Waals surface area contributed by atoms with Crippen molar-refractivity contribution in [1.29, 1.82) is 0 Å². The van der Waals surface area contributed by atoms with E-state index in [1.54, 1.807) is 11.9 Å². The van der Waals surface area contributed by atoms with Crippen LogP contribution in [-0.2, 0) is 9.09 Å². The van der Waals surface area contributed by atoms with Gasteiger partial charge >= 0.3 is 8.03 Å². The molecule has 1 atom stereocenters. The summed E-state index contributed by atoms with van der Waals surface area (Å²) in [4.78, 5) is 1.54. The maximum absolute atomic E-state index is 10.7. The first-order chi connectivity index (χ1) is 4.57. The van der Waals surface area contributed by atoms with Gasteiger partial charge in [0.25, 0.3) is 0 Å². The van der Waals surface area contributed by atoms with Crippen LogP contribution in [0.25, 0.3) is 0 Å². The summed E-state index contributed by atoms with van der Waals surface area (Å²) in [7, 11) is 1.43. The van der Waals surface area contributed by atoms with Crippen LogP contribution in [0.3, 0.4) is 0 Å². The van der Waals surface area contributed by atoms with Crippen molar-refractivity contribution in [2.45, 2.75) is 6.29 Å². The highest BCUT2D eigenvalue weighted by Gasteiger charge is 2.19. The highest BCUT2D eigenvalue weighted by atomic mass is 31.1. The molecule has 5 nitrogen and oxygen atoms in total. The molecule has 0 aromatic heterocycles. The minimum absolute atomic E-state index is 0.267. The highest BCUT2D eigenvalue weighted by Crippen LogP contribution is 2.20. The van der Waals surface area contributed by atoms with E-state index in [0.717, 1.165) is 0 Å². The molecule has 0 saturated heterocycles. The fraction of sp³-hybridized carbons (Fsp3) is 1.00. The molecule has 0 heterocycles. The molecule has 60 valence electrons. The monoisotopic (exact) mass is 166 g/mol. The molecule has 0 aliphatic carbocycles. The molecular weight excluding hydrogens is 153 g/mol. The third kappa shape index (κ3) is 3.87. The van der Waals surface area contributed by atoms with Crippen LogP contribution in [0.2, 0.25) is 0 Å². The summed E-state index contributed by atoms with van der Waals surface area (Å²) in [6, 6.07) is 0. The molecule has 0 amide bonds. The number of hydrogen-bond acceptors (Lipinski definition) is 5. The van der Waals surface area contributed by atoms with Gasteiger partial charge in [-0.1, -0.05) is 0 Å². The summed E-state index contributed by atoms with van der Waals surface area (Å²) in [5, 5.41) is 0. The zero-order valence-corrected chi connectivity index (χ0v) is 7.04. The maximum Gasteiger partial charge on any atom is 0.523 e. The van der Waals surface area contributed by atoms with Gasteiger partial charge in [0.05, 0.1) is 7.11 Å². The first-order valence-corrected chi connectivity index (χ1v) is 4.14. The van der Waals surface area contributed by atoms with Gasteiger partial charge in [0.15, 0.2) is 0 Å². The summed E-state index contributed by atoms with van der Waals surface area (Å²) in [5.41, 5.74) is 10.5. The Hall–Kier alpha value is -0.0600. The van der Waals surface area contributed by atoms with Gasteiger partial charge in [-0.05, 0) is 11.6 Å². The van der Waals surface area contributed by atoms with Crippen molar-refractivity contribution in [2.75, 3.05) is 20.4 Å². The van der Waals surface area contributed by atoms with Crippen LogP contribution in [0, 0.1) is 0 Å². The Balaban J connectivity index is 3.57. The largest absolute Gasteiger partial charge is 0.523 e. The van der Waals surface area contributed by atoms with Crippen molar-refractivity contribution in [3.63, 3.8) is 0 Å². The SMILES string of the molecule is CO[P+](=O)CN(C)C(N)N. The van der Waals surface area contributed by atoms with Crippen LogP contribution in [0.5, 0.6) is 0 Å². The molecule has 0 radical (unpaired) electrons. The lowest BCUT2D eigenvalue weighted by atomic mass is 10.8. The Kier molecular flexibility index (Phi) is 4.68. The second-order valence-electron chi connectivity index (χ2n) is 1.90. The lowest BCUT2D eigenvalue weighted by molar-refractivity contribution is 0.277. The summed E-state index contributed by atoms with van der Waals surface area (Å²) < 4.78 is 15.2. The second-order valence-corrected chi connectivity index (χ2v) is 3.22. The van der Waals surface area contributed by atoms with Crippen molar-refractivity contribution >= 4 is 8.03 Å². The van der Waals surface area contributed by atoms with Gasteiger partial charge in [-0.15, -0.1) is 4.52 Å². The zero-order chi connectivity index (χ0) is 8.15. The van der Waals surface area contributed by atoms with E-state index in [1.807, 2.05) is 0 Å². The van der Waals surface area contributed by atoms with Gasteiger partial charge in [0.1, 0.15) is 6.29 Å². The standard InChI is InChI=1S/C4H13N3O2P/c1-7(4(5)6)3-10(8)9-2/h4H,3,5-6H2,1-2H3/q+1. The van der Waals surface area contributed by atoms with Crippen LogP contribution >= 0.6 is 8.03 Å². The van der Waals surface area contributed by atoms with E-state index in [9.17, 15) is 4.57 Å². The lowest BCUT2D eigenvalue weighted by Crippen LogP contribution is -2.46. The number of nitrogens with zero attached hydrogens (tertiary/aromatic N) is 1. The zero-order valence-electron chi connectivity index (χ0n) is 6.15. The average molecular weight is 166 g/mol. The molecule has 1 unspecified atom stereocenters. The fourth-order valence-electron chi connectivity index (χ4n) is 0.334. The van der Waals surface area contributed by atoms with Gasteiger partial charge in [0, 0.05) is 0 Å². The molecule has 0 aliphatic rings. The van der Waals surface area contributed by atoms with E-state index in [1.165, 1.54) is 7.11 Å². The first kappa shape index (κ1) is 9.94. The number of rotatable bonds is 4. The predicted octanol–water partition coefficient (Wildman–Crippen LogP) is -0.534. The average Bonchev–Trinajstić information content (AvgIpc) is 1.87. The van der Waals surface area contributed by atoms with Crippen LogP contribution in [0.15, 0.2) is 0 Å². The van der Waals surface area contributed by atoms with Crippen LogP contribution in [0.4, 0.5) is 0 Å². The molecule has 0 bridgehead atoms. The van der Waals surface area contributed by atoms with Crippen LogP contribution < -0.4 is 11.5 Å². The van der Waals surface area contributed by atoms with E-state index in [0.29, 0.717) is 0 Å². The molecule has 0 fully saturated rings. The van der Waals surface area contributed by atoms with Crippen molar-refractivity contribution in [3.8, 4) is 0 Å². The molecule has 0 rings (SSSR count). The summed E-state index contributed by atoms with van der Waals surface area (Å²) in [5.74, 6) is 0. The molecule has 0 spiro atoms. The highest BCUT2D eigenvalue weighted by molar-refractivity contribution is 7.38. The minimum Gasteiger partial charge on any atom is -0.303 e. The van der Waals surface area contributed by atoms with E-state index >= 15 is 0 Å². The summed E-state index contributed by atoms with van der Waals surface area (Å²) >= 11 is 0. The fourth-order valence-corrected chi connectivity index (χ4v) is 1.00. The third-order valence-electron chi connectivity index (χ3n) is 1.05. The molecule has 10 heavy (non-hydrogen) atoms. The van der Waals surface area contributed by atoms with E-state index < -0.39 is 14.3 Å². The Morgan fingerprint density at radius 3 is 2.50 bits per heavy atom. The smallest absolute Gasteiger partial charge is 0.303 e. The molecule has 0 aromatic rings. The predicted molar refractivity (Wildman–Crippen MR) is 39.4 cm³/mol. The van der Waals surface area contributed by atoms with Crippen LogP contribution in [-0.4, -0.2) is 31.6 Å². The second kappa shape index (κ2) is 4.71. The Morgan fingerprint density at radius 1 is 1.70 bits per heavy atom. The first-order valence-electron chi connectivity index (χ1n) is 2.78. The quantitative estimate of drug-likeness (QED) is 0.433. The van der Waals surface area contributed by atoms with E-state index in [-0.39, 0.29) is 6.29 Å². The van der Waals surface area contributed by atoms with Gasteiger partial charge < -0.3 is 11.5 Å². The van der Waals surface area contributed by atoms with Crippen molar-refractivity contribution < 1.29 is 9.09 Å². The molecule has 0 aliphatic heterocycles. The molecule has 0 saturated carbocycles. The molecule has 6 heteroatoms. The van der Waals surface area contributed by atoms with Crippen molar-refractivity contribution in [3.05, 3.63) is 0 Å². The molecule has 4 N–H and O–H groups in total. The third-order valence-corrected chi connectivity index (χ3v) is 2.14. The Morgan fingerprint density at radius 2 is 2.20 bits per heavy atom. The van der Waals surface area contributed by atoms with Gasteiger partial charge in [-0.25, -0.2) is 4.90 Å². The normalized spacial score (nSPS) is 12.8. The Labute approximate surface area is 61.2 Å². The lowest BCUT2D eigenvalue weighted by Gasteiger charge is -2.13.